The van der Waals surface area contributed by atoms with Gasteiger partial charge in [-0.1, -0.05) is 125 Å². The summed E-state index contributed by atoms with van der Waals surface area (Å²) in [4.78, 5) is 14.1. The number of β-lactam (4-membered cyclic amide) rings is 1. The van der Waals surface area contributed by atoms with Crippen LogP contribution in [0.15, 0.2) is 109 Å². The van der Waals surface area contributed by atoms with Gasteiger partial charge in [0.15, 0.2) is 8.24 Å². The van der Waals surface area contributed by atoms with E-state index >= 15 is 0 Å². The van der Waals surface area contributed by atoms with Crippen LogP contribution in [0.2, 0.25) is 18.1 Å². The molecule has 206 valence electrons. The zero-order valence-electron chi connectivity index (χ0n) is 23.7. The van der Waals surface area contributed by atoms with Crippen LogP contribution in [0.5, 0.6) is 0 Å². The molecule has 1 N–H and O–H groups in total. The molecule has 40 heavy (non-hydrogen) atoms. The van der Waals surface area contributed by atoms with E-state index in [2.05, 4.69) is 121 Å². The number of aliphatic hydroxyl groups is 1. The maximum Gasteiger partial charge on any atom is 0.224 e. The Kier molecular flexibility index (Phi) is 7.74. The molecule has 5 rings (SSSR count). The lowest BCUT2D eigenvalue weighted by atomic mass is 9.84. The summed E-state index contributed by atoms with van der Waals surface area (Å²) in [6, 6.07) is 35.0. The standard InChI is InChI=1S/C33H37N3O2SSi/c1-32(2,3)40(4,5)36-30(38)28(29(37)27-22-15-23-34-35-27)31(36)39-33(24-16-9-6-10-17-24,25-18-11-7-12-19-25)26-20-13-8-14-21-26/h6-23,28-29,31,37H,1-5H3. The van der Waals surface area contributed by atoms with Crippen molar-refractivity contribution in [2.24, 2.45) is 5.92 Å². The Balaban J connectivity index is 1.73. The van der Waals surface area contributed by atoms with E-state index in [1.165, 1.54) is 0 Å². The summed E-state index contributed by atoms with van der Waals surface area (Å²) in [7, 11) is -2.32. The maximum atomic E-state index is 14.1. The lowest BCUT2D eigenvalue weighted by Gasteiger charge is -2.60. The first-order valence-electron chi connectivity index (χ1n) is 13.7. The van der Waals surface area contributed by atoms with Crippen molar-refractivity contribution < 1.29 is 9.90 Å². The Bertz CT molecular complexity index is 1330. The van der Waals surface area contributed by atoms with Crippen molar-refractivity contribution in [3.63, 3.8) is 0 Å². The monoisotopic (exact) mass is 567 g/mol. The number of amides is 1. The van der Waals surface area contributed by atoms with Crippen LogP contribution in [-0.4, -0.2) is 39.4 Å². The van der Waals surface area contributed by atoms with E-state index in [-0.39, 0.29) is 16.3 Å². The van der Waals surface area contributed by atoms with Crippen LogP contribution in [0.3, 0.4) is 0 Å². The van der Waals surface area contributed by atoms with E-state index in [9.17, 15) is 9.90 Å². The Hall–Kier alpha value is -3.26. The van der Waals surface area contributed by atoms with Crippen molar-refractivity contribution in [3.8, 4) is 0 Å². The second-order valence-corrected chi connectivity index (χ2v) is 18.4. The Labute approximate surface area is 242 Å². The van der Waals surface area contributed by atoms with Crippen LogP contribution in [0, 0.1) is 5.92 Å². The highest BCUT2D eigenvalue weighted by atomic mass is 32.2. The van der Waals surface area contributed by atoms with Gasteiger partial charge in [-0.25, -0.2) is 0 Å². The second kappa shape index (κ2) is 11.0. The molecule has 7 heteroatoms. The Morgan fingerprint density at radius 1 is 0.800 bits per heavy atom. The number of aromatic nitrogens is 2. The maximum absolute atomic E-state index is 14.1. The van der Waals surface area contributed by atoms with Crippen LogP contribution >= 0.6 is 11.8 Å². The molecule has 0 aliphatic carbocycles. The number of carbonyl (C=O) groups is 1. The first-order valence-corrected chi connectivity index (χ1v) is 17.5. The number of nitrogens with zero attached hydrogens (tertiary/aromatic N) is 3. The molecule has 0 bridgehead atoms. The predicted molar refractivity (Wildman–Crippen MR) is 165 cm³/mol. The average Bonchev–Trinajstić information content (AvgIpc) is 2.96. The van der Waals surface area contributed by atoms with Gasteiger partial charge in [-0.3, -0.25) is 4.79 Å². The summed E-state index contributed by atoms with van der Waals surface area (Å²) in [5.41, 5.74) is 3.80. The Morgan fingerprint density at radius 2 is 1.27 bits per heavy atom. The highest BCUT2D eigenvalue weighted by Gasteiger charge is 2.62. The van der Waals surface area contributed by atoms with Gasteiger partial charge < -0.3 is 9.67 Å². The van der Waals surface area contributed by atoms with Gasteiger partial charge in [0.2, 0.25) is 5.91 Å². The summed E-state index contributed by atoms with van der Waals surface area (Å²) in [6.45, 7) is 11.2. The summed E-state index contributed by atoms with van der Waals surface area (Å²) in [5.74, 6) is -0.656. The lowest BCUT2D eigenvalue weighted by molar-refractivity contribution is -0.150. The molecular formula is C33H37N3O2SSi. The lowest BCUT2D eigenvalue weighted by Crippen LogP contribution is -2.73. The third kappa shape index (κ3) is 4.80. The number of hydrogen-bond donors (Lipinski definition) is 1. The highest BCUT2D eigenvalue weighted by molar-refractivity contribution is 8.01. The van der Waals surface area contributed by atoms with Crippen molar-refractivity contribution in [2.45, 2.75) is 55.1 Å². The Morgan fingerprint density at radius 3 is 1.68 bits per heavy atom. The molecule has 3 atom stereocenters. The molecule has 2 heterocycles. The van der Waals surface area contributed by atoms with Gasteiger partial charge in [0, 0.05) is 6.20 Å². The average molecular weight is 568 g/mol. The molecule has 4 aromatic rings. The molecule has 0 radical (unpaired) electrons. The normalized spacial score (nSPS) is 18.8. The quantitative estimate of drug-likeness (QED) is 0.141. The van der Waals surface area contributed by atoms with Crippen molar-refractivity contribution in [1.82, 2.24) is 14.8 Å². The topological polar surface area (TPSA) is 66.3 Å². The fourth-order valence-electron chi connectivity index (χ4n) is 5.42. The van der Waals surface area contributed by atoms with Gasteiger partial charge in [-0.05, 0) is 33.9 Å². The second-order valence-electron chi connectivity index (χ2n) is 11.9. The van der Waals surface area contributed by atoms with E-state index < -0.39 is 25.0 Å². The zero-order valence-corrected chi connectivity index (χ0v) is 25.5. The number of aliphatic hydroxyl groups excluding tert-OH is 1. The molecule has 1 aliphatic heterocycles. The zero-order chi connectivity index (χ0) is 28.5. The third-order valence-electron chi connectivity index (χ3n) is 8.60. The van der Waals surface area contributed by atoms with Crippen molar-refractivity contribution in [1.29, 1.82) is 0 Å². The van der Waals surface area contributed by atoms with E-state index in [4.69, 9.17) is 0 Å². The van der Waals surface area contributed by atoms with E-state index in [0.717, 1.165) is 16.7 Å². The van der Waals surface area contributed by atoms with Crippen molar-refractivity contribution in [2.75, 3.05) is 0 Å². The van der Waals surface area contributed by atoms with Crippen LogP contribution in [0.1, 0.15) is 49.3 Å². The molecule has 5 nitrogen and oxygen atoms in total. The van der Waals surface area contributed by atoms with Crippen molar-refractivity contribution in [3.05, 3.63) is 132 Å². The minimum absolute atomic E-state index is 0.00895. The van der Waals surface area contributed by atoms with E-state index in [1.807, 2.05) is 18.2 Å². The van der Waals surface area contributed by atoms with Gasteiger partial charge in [-0.2, -0.15) is 10.2 Å². The molecule has 0 spiro atoms. The predicted octanol–water partition coefficient (Wildman–Crippen LogP) is 7.03. The fraction of sp³-hybridized carbons (Fsp3) is 0.303. The highest BCUT2D eigenvalue weighted by Crippen LogP contribution is 2.58. The number of carbonyl (C=O) groups excluding carboxylic acids is 1. The number of hydrogen-bond acceptors (Lipinski definition) is 5. The summed E-state index contributed by atoms with van der Waals surface area (Å²) in [6.07, 6.45) is 0.526. The van der Waals surface area contributed by atoms with Crippen LogP contribution in [0.25, 0.3) is 0 Å². The molecule has 1 aromatic heterocycles. The minimum atomic E-state index is -2.32. The molecule has 1 amide bonds. The van der Waals surface area contributed by atoms with Gasteiger partial charge in [0.25, 0.3) is 0 Å². The molecule has 3 unspecified atom stereocenters. The van der Waals surface area contributed by atoms with Crippen LogP contribution in [0.4, 0.5) is 0 Å². The first-order chi connectivity index (χ1) is 19.1. The molecule has 1 saturated heterocycles. The smallest absolute Gasteiger partial charge is 0.224 e. The summed E-state index contributed by atoms with van der Waals surface area (Å²) in [5, 5.41) is 19.4. The van der Waals surface area contributed by atoms with Gasteiger partial charge in [-0.15, -0.1) is 11.8 Å². The number of thioether (sulfide) groups is 1. The van der Waals surface area contributed by atoms with Gasteiger partial charge in [0.05, 0.1) is 21.7 Å². The van der Waals surface area contributed by atoms with Crippen molar-refractivity contribution >= 4 is 25.9 Å². The number of rotatable bonds is 8. The molecule has 1 aliphatic rings. The van der Waals surface area contributed by atoms with E-state index in [0.29, 0.717) is 5.69 Å². The summed E-state index contributed by atoms with van der Waals surface area (Å²) < 4.78 is 1.50. The molecule has 0 saturated carbocycles. The van der Waals surface area contributed by atoms with Gasteiger partial charge >= 0.3 is 0 Å². The minimum Gasteiger partial charge on any atom is -0.386 e. The van der Waals surface area contributed by atoms with E-state index in [1.54, 1.807) is 30.1 Å². The third-order valence-corrected chi connectivity index (χ3v) is 16.0. The van der Waals surface area contributed by atoms with Crippen LogP contribution < -0.4 is 0 Å². The number of benzene rings is 3. The molecule has 1 fully saturated rings. The van der Waals surface area contributed by atoms with Gasteiger partial charge in [0.1, 0.15) is 6.10 Å². The molecular weight excluding hydrogens is 531 g/mol. The fourth-order valence-corrected chi connectivity index (χ4v) is 10.4. The molecule has 3 aromatic carbocycles. The summed E-state index contributed by atoms with van der Waals surface area (Å²) >= 11 is 1.76. The van der Waals surface area contributed by atoms with Crippen LogP contribution in [-0.2, 0) is 9.54 Å². The SMILES string of the molecule is CC(C)(C)[Si](C)(C)N1C(=O)C(C(O)c2cccnn2)C1SC(c1ccccc1)(c1ccccc1)c1ccccc1. The first kappa shape index (κ1) is 28.3. The largest absolute Gasteiger partial charge is 0.386 e.